The maximum atomic E-state index is 13.6. The molecule has 2 saturated heterocycles. The molecule has 2 unspecified atom stereocenters. The Morgan fingerprint density at radius 3 is 2.81 bits per heavy atom. The maximum Gasteiger partial charge on any atom is 0.324 e. The molecule has 0 aliphatic carbocycles. The summed E-state index contributed by atoms with van der Waals surface area (Å²) in [5.41, 5.74) is 0.622. The zero-order valence-corrected chi connectivity index (χ0v) is 14.1. The van der Waals surface area contributed by atoms with Crippen LogP contribution in [0.25, 0.3) is 0 Å². The lowest BCUT2D eigenvalue weighted by atomic mass is 9.86. The number of amides is 4. The molecule has 3 rings (SSSR count). The van der Waals surface area contributed by atoms with E-state index in [1.165, 1.54) is 11.0 Å². The Balaban J connectivity index is 1.64. The number of imide groups is 1. The van der Waals surface area contributed by atoms with Crippen LogP contribution >= 0.6 is 0 Å². The van der Waals surface area contributed by atoms with Crippen molar-refractivity contribution in [2.45, 2.75) is 24.8 Å². The molecule has 7 nitrogen and oxygen atoms in total. The predicted molar refractivity (Wildman–Crippen MR) is 88.2 cm³/mol. The highest BCUT2D eigenvalue weighted by molar-refractivity contribution is 5.98. The van der Waals surface area contributed by atoms with Gasteiger partial charge >= 0.3 is 6.03 Å². The van der Waals surface area contributed by atoms with Crippen LogP contribution < -0.4 is 16.0 Å². The van der Waals surface area contributed by atoms with Gasteiger partial charge in [0, 0.05) is 31.5 Å². The van der Waals surface area contributed by atoms with Crippen molar-refractivity contribution in [2.24, 2.45) is 0 Å². The molecule has 2 heterocycles. The van der Waals surface area contributed by atoms with Crippen molar-refractivity contribution in [3.05, 3.63) is 35.4 Å². The Morgan fingerprint density at radius 2 is 2.08 bits per heavy atom. The minimum absolute atomic E-state index is 0.154. The number of carbonyl (C=O) groups excluding carboxylic acids is 3. The van der Waals surface area contributed by atoms with Gasteiger partial charge in [-0.1, -0.05) is 6.07 Å². The third-order valence-electron chi connectivity index (χ3n) is 4.68. The number of carbonyl (C=O) groups is 3. The average Bonchev–Trinajstić information content (AvgIpc) is 2.60. The first-order valence-corrected chi connectivity index (χ1v) is 8.48. The summed E-state index contributed by atoms with van der Waals surface area (Å²) in [6.45, 7) is 1.21. The lowest BCUT2D eigenvalue weighted by molar-refractivity contribution is -0.125. The molecule has 0 bridgehead atoms. The first kappa shape index (κ1) is 18.2. The normalized spacial score (nSPS) is 23.5. The molecule has 0 aromatic heterocycles. The summed E-state index contributed by atoms with van der Waals surface area (Å²) in [4.78, 5) is 36.4. The van der Waals surface area contributed by atoms with E-state index < -0.39 is 17.7 Å². The Morgan fingerprint density at radius 1 is 1.27 bits per heavy atom. The van der Waals surface area contributed by atoms with Crippen molar-refractivity contribution < 1.29 is 23.2 Å². The minimum Gasteiger partial charge on any atom is -0.350 e. The molecular formula is C17H20F2N4O3. The number of urea groups is 1. The summed E-state index contributed by atoms with van der Waals surface area (Å²) in [6, 6.07) is 2.87. The Labute approximate surface area is 149 Å². The van der Waals surface area contributed by atoms with Crippen LogP contribution in [0.5, 0.6) is 0 Å². The van der Waals surface area contributed by atoms with Crippen molar-refractivity contribution >= 4 is 17.8 Å². The first-order valence-electron chi connectivity index (χ1n) is 8.48. The number of rotatable bonds is 4. The SMILES string of the molecule is O=C1CCN(CC(=O)NC2CNCCC2c2ccc(F)c(F)c2)C(=O)N1. The summed E-state index contributed by atoms with van der Waals surface area (Å²) < 4.78 is 26.7. The first-order chi connectivity index (χ1) is 12.4. The van der Waals surface area contributed by atoms with E-state index in [1.807, 2.05) is 0 Å². The Hall–Kier alpha value is -2.55. The van der Waals surface area contributed by atoms with Gasteiger partial charge in [-0.3, -0.25) is 14.9 Å². The molecule has 2 fully saturated rings. The Bertz CT molecular complexity index is 728. The number of benzene rings is 1. The molecule has 2 atom stereocenters. The van der Waals surface area contributed by atoms with E-state index in [0.717, 1.165) is 12.1 Å². The number of halogens is 2. The van der Waals surface area contributed by atoms with Crippen LogP contribution in [0.2, 0.25) is 0 Å². The van der Waals surface area contributed by atoms with Gasteiger partial charge in [0.1, 0.15) is 6.54 Å². The summed E-state index contributed by atoms with van der Waals surface area (Å²) >= 11 is 0. The molecule has 2 aliphatic rings. The van der Waals surface area contributed by atoms with Crippen molar-refractivity contribution in [1.29, 1.82) is 0 Å². The van der Waals surface area contributed by atoms with E-state index in [9.17, 15) is 23.2 Å². The summed E-state index contributed by atoms with van der Waals surface area (Å²) in [5.74, 6) is -2.71. The van der Waals surface area contributed by atoms with Crippen molar-refractivity contribution in [3.8, 4) is 0 Å². The quantitative estimate of drug-likeness (QED) is 0.723. The fourth-order valence-corrected chi connectivity index (χ4v) is 3.33. The van der Waals surface area contributed by atoms with Gasteiger partial charge in [0.15, 0.2) is 11.6 Å². The van der Waals surface area contributed by atoms with Crippen LogP contribution in [0.4, 0.5) is 13.6 Å². The zero-order valence-electron chi connectivity index (χ0n) is 14.1. The van der Waals surface area contributed by atoms with E-state index >= 15 is 0 Å². The van der Waals surface area contributed by atoms with Crippen molar-refractivity contribution in [2.75, 3.05) is 26.2 Å². The standard InChI is InChI=1S/C17H20F2N4O3/c18-12-2-1-10(7-13(12)19)11-3-5-20-8-14(11)21-16(25)9-23-6-4-15(24)22-17(23)26/h1-2,7,11,14,20H,3-6,8-9H2,(H,21,25)(H,22,24,26). The van der Waals surface area contributed by atoms with Crippen LogP contribution in [0, 0.1) is 11.6 Å². The fraction of sp³-hybridized carbons (Fsp3) is 0.471. The smallest absolute Gasteiger partial charge is 0.324 e. The minimum atomic E-state index is -0.916. The number of nitrogens with one attached hydrogen (secondary N) is 3. The van der Waals surface area contributed by atoms with Crippen molar-refractivity contribution in [1.82, 2.24) is 20.9 Å². The second-order valence-electron chi connectivity index (χ2n) is 6.47. The highest BCUT2D eigenvalue weighted by Gasteiger charge is 2.30. The molecule has 0 radical (unpaired) electrons. The van der Waals surface area contributed by atoms with Crippen LogP contribution in [-0.2, 0) is 9.59 Å². The molecule has 1 aromatic rings. The topological polar surface area (TPSA) is 90.5 Å². The molecule has 0 saturated carbocycles. The zero-order chi connectivity index (χ0) is 18.7. The third-order valence-corrected chi connectivity index (χ3v) is 4.68. The summed E-state index contributed by atoms with van der Waals surface area (Å²) in [7, 11) is 0. The fourth-order valence-electron chi connectivity index (χ4n) is 3.33. The molecule has 140 valence electrons. The number of hydrogen-bond acceptors (Lipinski definition) is 4. The molecular weight excluding hydrogens is 346 g/mol. The van der Waals surface area contributed by atoms with Gasteiger partial charge in [0.05, 0.1) is 0 Å². The Kier molecular flexibility index (Phi) is 5.46. The largest absolute Gasteiger partial charge is 0.350 e. The average molecular weight is 366 g/mol. The van der Waals surface area contributed by atoms with Crippen LogP contribution in [0.15, 0.2) is 18.2 Å². The number of nitrogens with zero attached hydrogens (tertiary/aromatic N) is 1. The van der Waals surface area contributed by atoms with Gasteiger partial charge < -0.3 is 15.5 Å². The molecule has 1 aromatic carbocycles. The van der Waals surface area contributed by atoms with E-state index in [1.54, 1.807) is 0 Å². The van der Waals surface area contributed by atoms with E-state index in [4.69, 9.17) is 0 Å². The second-order valence-corrected chi connectivity index (χ2v) is 6.47. The summed E-state index contributed by atoms with van der Waals surface area (Å²) in [5, 5.41) is 8.18. The molecule has 2 aliphatic heterocycles. The summed E-state index contributed by atoms with van der Waals surface area (Å²) in [6.07, 6.45) is 0.816. The molecule has 4 amide bonds. The van der Waals surface area contributed by atoms with Crippen LogP contribution in [-0.4, -0.2) is 55.0 Å². The van der Waals surface area contributed by atoms with Crippen LogP contribution in [0.3, 0.4) is 0 Å². The molecule has 26 heavy (non-hydrogen) atoms. The number of hydrogen-bond donors (Lipinski definition) is 3. The van der Waals surface area contributed by atoms with Gasteiger partial charge in [0.25, 0.3) is 0 Å². The van der Waals surface area contributed by atoms with Gasteiger partial charge in [-0.05, 0) is 30.7 Å². The molecule has 9 heteroatoms. The van der Waals surface area contributed by atoms with Gasteiger partial charge in [-0.2, -0.15) is 0 Å². The second kappa shape index (κ2) is 7.77. The van der Waals surface area contributed by atoms with Crippen molar-refractivity contribution in [3.63, 3.8) is 0 Å². The predicted octanol–water partition coefficient (Wildman–Crippen LogP) is 0.468. The van der Waals surface area contributed by atoms with E-state index in [2.05, 4.69) is 16.0 Å². The van der Waals surface area contributed by atoms with Gasteiger partial charge in [0.2, 0.25) is 11.8 Å². The highest BCUT2D eigenvalue weighted by Crippen LogP contribution is 2.27. The number of piperidine rings is 1. The lowest BCUT2D eigenvalue weighted by Gasteiger charge is -2.34. The highest BCUT2D eigenvalue weighted by atomic mass is 19.2. The van der Waals surface area contributed by atoms with Crippen LogP contribution in [0.1, 0.15) is 24.3 Å². The van der Waals surface area contributed by atoms with E-state index in [-0.39, 0.29) is 43.3 Å². The van der Waals surface area contributed by atoms with Gasteiger partial charge in [-0.15, -0.1) is 0 Å². The molecule has 3 N–H and O–H groups in total. The van der Waals surface area contributed by atoms with Gasteiger partial charge in [-0.25, -0.2) is 13.6 Å². The third kappa shape index (κ3) is 4.16. The lowest BCUT2D eigenvalue weighted by Crippen LogP contribution is -2.55. The monoisotopic (exact) mass is 366 g/mol. The maximum absolute atomic E-state index is 13.6. The van der Waals surface area contributed by atoms with E-state index in [0.29, 0.717) is 25.1 Å². The molecule has 0 spiro atoms.